The molecule has 41 heavy (non-hydrogen) atoms. The number of allylic oxidation sites excluding steroid dienone is 1. The summed E-state index contributed by atoms with van der Waals surface area (Å²) in [5.41, 5.74) is 4.58. The molecule has 3 nitrogen and oxygen atoms in total. The van der Waals surface area contributed by atoms with Crippen molar-refractivity contribution in [2.45, 2.75) is 28.7 Å². The number of fused-ring (bicyclic) bond motifs is 3. The van der Waals surface area contributed by atoms with Gasteiger partial charge in [-0.2, -0.15) is 0 Å². The third-order valence-electron chi connectivity index (χ3n) is 7.85. The molecule has 0 fully saturated rings. The van der Waals surface area contributed by atoms with E-state index in [1.807, 2.05) is 89.8 Å². The minimum Gasteiger partial charge on any atom is -0.466 e. The summed E-state index contributed by atoms with van der Waals surface area (Å²) >= 11 is 1.80. The van der Waals surface area contributed by atoms with Crippen LogP contribution in [-0.2, 0) is 21.7 Å². The number of hydrogen-bond donors (Lipinski definition) is 0. The molecule has 0 bridgehead atoms. The number of anilines is 1. The largest absolute Gasteiger partial charge is 0.466 e. The molecule has 7 rings (SSSR count). The summed E-state index contributed by atoms with van der Waals surface area (Å²) in [6.07, 6.45) is 1.11. The number of carbonyl (C=O) groups is 1. The van der Waals surface area contributed by atoms with Gasteiger partial charge < -0.3 is 4.74 Å². The van der Waals surface area contributed by atoms with E-state index in [1.165, 1.54) is 5.56 Å². The van der Waals surface area contributed by atoms with Crippen LogP contribution in [-0.4, -0.2) is 5.91 Å². The zero-order valence-corrected chi connectivity index (χ0v) is 23.3. The molecule has 0 saturated carbocycles. The van der Waals surface area contributed by atoms with E-state index >= 15 is 4.79 Å². The molecule has 0 aromatic heterocycles. The van der Waals surface area contributed by atoms with E-state index in [1.54, 1.807) is 11.8 Å². The molecule has 0 spiro atoms. The van der Waals surface area contributed by atoms with Crippen LogP contribution in [0.2, 0.25) is 0 Å². The molecule has 4 heteroatoms. The lowest BCUT2D eigenvalue weighted by molar-refractivity contribution is -0.123. The monoisotopic (exact) mass is 551 g/mol. The number of thioether (sulfide) groups is 1. The molecule has 2 atom stereocenters. The van der Waals surface area contributed by atoms with Crippen molar-refractivity contribution in [1.29, 1.82) is 0 Å². The first-order valence-electron chi connectivity index (χ1n) is 14.0. The highest BCUT2D eigenvalue weighted by Gasteiger charge is 2.53. The predicted octanol–water partition coefficient (Wildman–Crippen LogP) is 8.79. The summed E-state index contributed by atoms with van der Waals surface area (Å²) in [6, 6.07) is 49.3. The first-order valence-corrected chi connectivity index (χ1v) is 14.8. The summed E-state index contributed by atoms with van der Waals surface area (Å²) in [5, 5.41) is 0.0617. The zero-order valence-electron chi connectivity index (χ0n) is 22.5. The molecule has 2 aliphatic heterocycles. The highest BCUT2D eigenvalue weighted by atomic mass is 32.2. The van der Waals surface area contributed by atoms with E-state index in [9.17, 15) is 0 Å². The first kappa shape index (κ1) is 25.4. The Hall–Kier alpha value is -4.54. The number of hydrogen-bond acceptors (Lipinski definition) is 3. The Labute approximate surface area is 245 Å². The summed E-state index contributed by atoms with van der Waals surface area (Å²) in [7, 11) is 0. The second-order valence-electron chi connectivity index (χ2n) is 10.4. The molecule has 0 aliphatic carbocycles. The van der Waals surface area contributed by atoms with Crippen LogP contribution in [0.4, 0.5) is 5.69 Å². The second kappa shape index (κ2) is 10.8. The van der Waals surface area contributed by atoms with Crippen LogP contribution in [0, 0.1) is 0 Å². The fraction of sp³-hybridized carbons (Fsp3) is 0.108. The third-order valence-corrected chi connectivity index (χ3v) is 9.18. The summed E-state index contributed by atoms with van der Waals surface area (Å²) in [5.74, 6) is 0.655. The Bertz CT molecular complexity index is 1700. The average Bonchev–Trinajstić information content (AvgIpc) is 3.18. The van der Waals surface area contributed by atoms with Crippen LogP contribution in [0.25, 0.3) is 5.57 Å². The predicted molar refractivity (Wildman–Crippen MR) is 166 cm³/mol. The molecular formula is C37H29NO2S. The van der Waals surface area contributed by atoms with E-state index in [2.05, 4.69) is 60.7 Å². The maximum Gasteiger partial charge on any atom is 0.265 e. The fourth-order valence-electron chi connectivity index (χ4n) is 5.97. The fourth-order valence-corrected chi connectivity index (χ4v) is 7.32. The molecule has 2 heterocycles. The van der Waals surface area contributed by atoms with Gasteiger partial charge >= 0.3 is 0 Å². The maximum absolute atomic E-state index is 15.1. The molecule has 2 aliphatic rings. The standard InChI is InChI=1S/C37H29NO2S/c39-36-35(29-19-9-3-10-20-29)32(25-27-15-5-1-6-16-27)40-37(30-21-11-4-12-22-30)26-34(28-17-7-2-8-18-28)41-33-24-14-13-23-31(33)38(36)37/h1-24,34H,25-26H2/t34-,37+/m1/s1. The van der Waals surface area contributed by atoms with Gasteiger partial charge in [0.2, 0.25) is 5.72 Å². The summed E-state index contributed by atoms with van der Waals surface area (Å²) in [6.45, 7) is 0. The number of carbonyl (C=O) groups excluding carboxylic acids is 1. The number of ether oxygens (including phenoxy) is 1. The second-order valence-corrected chi connectivity index (χ2v) is 11.7. The SMILES string of the molecule is O=C1C(c2ccccc2)=C(Cc2ccccc2)O[C@]2(c3ccccc3)C[C@H](c3ccccc3)Sc3ccccc3N12. The van der Waals surface area contributed by atoms with Gasteiger partial charge in [-0.15, -0.1) is 11.8 Å². The highest BCUT2D eigenvalue weighted by molar-refractivity contribution is 7.99. The van der Waals surface area contributed by atoms with Crippen molar-refractivity contribution < 1.29 is 9.53 Å². The third kappa shape index (κ3) is 4.64. The number of para-hydroxylation sites is 1. The van der Waals surface area contributed by atoms with Crippen molar-refractivity contribution in [2.24, 2.45) is 0 Å². The van der Waals surface area contributed by atoms with Crippen molar-refractivity contribution in [3.8, 4) is 0 Å². The highest BCUT2D eigenvalue weighted by Crippen LogP contribution is 2.57. The molecule has 5 aromatic carbocycles. The Morgan fingerprint density at radius 1 is 0.707 bits per heavy atom. The number of amides is 1. The smallest absolute Gasteiger partial charge is 0.265 e. The van der Waals surface area contributed by atoms with Crippen LogP contribution in [0.1, 0.15) is 33.9 Å². The Balaban J connectivity index is 1.51. The van der Waals surface area contributed by atoms with Gasteiger partial charge in [0, 0.05) is 28.6 Å². The van der Waals surface area contributed by atoms with Gasteiger partial charge in [0.1, 0.15) is 5.76 Å². The molecule has 0 unspecified atom stereocenters. The van der Waals surface area contributed by atoms with Crippen molar-refractivity contribution in [1.82, 2.24) is 0 Å². The van der Waals surface area contributed by atoms with Crippen molar-refractivity contribution in [3.63, 3.8) is 0 Å². The van der Waals surface area contributed by atoms with E-state index in [0.29, 0.717) is 24.2 Å². The van der Waals surface area contributed by atoms with Crippen LogP contribution >= 0.6 is 11.8 Å². The van der Waals surface area contributed by atoms with Crippen molar-refractivity contribution >= 4 is 28.9 Å². The van der Waals surface area contributed by atoms with Gasteiger partial charge in [0.05, 0.1) is 11.3 Å². The van der Waals surface area contributed by atoms with Gasteiger partial charge in [0.15, 0.2) is 0 Å². The van der Waals surface area contributed by atoms with Gasteiger partial charge in [-0.25, -0.2) is 0 Å². The Kier molecular flexibility index (Phi) is 6.69. The normalized spacial score (nSPS) is 20.0. The maximum atomic E-state index is 15.1. The van der Waals surface area contributed by atoms with Crippen molar-refractivity contribution in [2.75, 3.05) is 4.90 Å². The van der Waals surface area contributed by atoms with Crippen LogP contribution < -0.4 is 4.90 Å². The molecule has 5 aromatic rings. The van der Waals surface area contributed by atoms with E-state index in [-0.39, 0.29) is 11.2 Å². The molecule has 0 N–H and O–H groups in total. The Morgan fingerprint density at radius 2 is 1.29 bits per heavy atom. The molecule has 1 amide bonds. The number of rotatable bonds is 5. The number of nitrogens with zero attached hydrogens (tertiary/aromatic N) is 1. The Morgan fingerprint density at radius 3 is 2.00 bits per heavy atom. The lowest BCUT2D eigenvalue weighted by Crippen LogP contribution is -2.55. The molecule has 0 radical (unpaired) electrons. The van der Waals surface area contributed by atoms with Crippen LogP contribution in [0.5, 0.6) is 0 Å². The summed E-state index contributed by atoms with van der Waals surface area (Å²) in [4.78, 5) is 18.1. The van der Waals surface area contributed by atoms with E-state index in [4.69, 9.17) is 4.74 Å². The van der Waals surface area contributed by atoms with Crippen LogP contribution in [0.3, 0.4) is 0 Å². The van der Waals surface area contributed by atoms with Crippen molar-refractivity contribution in [3.05, 3.63) is 174 Å². The van der Waals surface area contributed by atoms with Gasteiger partial charge in [0.25, 0.3) is 5.91 Å². The van der Waals surface area contributed by atoms with Gasteiger partial charge in [-0.3, -0.25) is 9.69 Å². The average molecular weight is 552 g/mol. The van der Waals surface area contributed by atoms with Crippen LogP contribution in [0.15, 0.2) is 156 Å². The molecule has 200 valence electrons. The van der Waals surface area contributed by atoms with E-state index < -0.39 is 5.72 Å². The quantitative estimate of drug-likeness (QED) is 0.219. The summed E-state index contributed by atoms with van der Waals surface area (Å²) < 4.78 is 7.37. The lowest BCUT2D eigenvalue weighted by atomic mass is 9.88. The topological polar surface area (TPSA) is 29.5 Å². The first-order chi connectivity index (χ1) is 20.2. The number of benzene rings is 5. The van der Waals surface area contributed by atoms with E-state index in [0.717, 1.165) is 27.3 Å². The minimum atomic E-state index is -1.04. The van der Waals surface area contributed by atoms with Gasteiger partial charge in [-0.05, 0) is 28.8 Å². The molecular weight excluding hydrogens is 522 g/mol. The molecule has 0 saturated heterocycles. The zero-order chi connectivity index (χ0) is 27.6. The lowest BCUT2D eigenvalue weighted by Gasteiger charge is -2.48. The minimum absolute atomic E-state index is 0.0426. The van der Waals surface area contributed by atoms with Gasteiger partial charge in [-0.1, -0.05) is 133 Å².